The zero-order chi connectivity index (χ0) is 15.0. The van der Waals surface area contributed by atoms with Crippen molar-refractivity contribution >= 4 is 26.0 Å². The Morgan fingerprint density at radius 1 is 1.38 bits per heavy atom. The first-order chi connectivity index (χ1) is 9.95. The van der Waals surface area contributed by atoms with Crippen LogP contribution < -0.4 is 10.0 Å². The summed E-state index contributed by atoms with van der Waals surface area (Å²) in [7, 11) is -3.53. The molecule has 118 valence electrons. The zero-order valence-corrected chi connectivity index (χ0v) is 14.5. The summed E-state index contributed by atoms with van der Waals surface area (Å²) >= 11 is 3.22. The summed E-state index contributed by atoms with van der Waals surface area (Å²) in [6, 6.07) is 2.14. The number of hydrogen-bond donors (Lipinski definition) is 2. The first-order valence-corrected chi connectivity index (χ1v) is 9.77. The third kappa shape index (κ3) is 3.70. The SMILES string of the molecule is CC(NS(=O)(=O)c1cc(CNC2CC2)oc1Br)C1CCC1. The third-order valence-corrected chi connectivity index (χ3v) is 6.75. The van der Waals surface area contributed by atoms with Crippen molar-refractivity contribution in [2.75, 3.05) is 0 Å². The smallest absolute Gasteiger partial charge is 0.245 e. The first kappa shape index (κ1) is 15.5. The molecule has 2 fully saturated rings. The Morgan fingerprint density at radius 2 is 2.10 bits per heavy atom. The highest BCUT2D eigenvalue weighted by Crippen LogP contribution is 2.32. The normalized spacial score (nSPS) is 21.2. The molecule has 0 aliphatic heterocycles. The molecule has 0 saturated heterocycles. The van der Waals surface area contributed by atoms with Crippen molar-refractivity contribution in [3.63, 3.8) is 0 Å². The van der Waals surface area contributed by atoms with Crippen LogP contribution in [0.25, 0.3) is 0 Å². The molecule has 5 nitrogen and oxygen atoms in total. The van der Waals surface area contributed by atoms with E-state index in [4.69, 9.17) is 4.42 Å². The van der Waals surface area contributed by atoms with Gasteiger partial charge in [-0.25, -0.2) is 13.1 Å². The van der Waals surface area contributed by atoms with Gasteiger partial charge in [0.2, 0.25) is 10.0 Å². The van der Waals surface area contributed by atoms with Crippen molar-refractivity contribution in [3.05, 3.63) is 16.5 Å². The second-order valence-electron chi connectivity index (χ2n) is 6.11. The lowest BCUT2D eigenvalue weighted by atomic mass is 9.81. The van der Waals surface area contributed by atoms with E-state index in [9.17, 15) is 8.42 Å². The van der Waals surface area contributed by atoms with Gasteiger partial charge in [0, 0.05) is 18.2 Å². The summed E-state index contributed by atoms with van der Waals surface area (Å²) in [6.07, 6.45) is 5.78. The summed E-state index contributed by atoms with van der Waals surface area (Å²) in [4.78, 5) is 0.196. The molecule has 3 rings (SSSR count). The Morgan fingerprint density at radius 3 is 2.67 bits per heavy atom. The Bertz CT molecular complexity index is 606. The van der Waals surface area contributed by atoms with Crippen molar-refractivity contribution in [2.45, 2.75) is 62.6 Å². The van der Waals surface area contributed by atoms with E-state index in [0.29, 0.717) is 24.3 Å². The van der Waals surface area contributed by atoms with Crippen molar-refractivity contribution in [2.24, 2.45) is 5.92 Å². The van der Waals surface area contributed by atoms with Gasteiger partial charge in [-0.2, -0.15) is 0 Å². The molecule has 21 heavy (non-hydrogen) atoms. The zero-order valence-electron chi connectivity index (χ0n) is 12.1. The molecule has 2 aliphatic carbocycles. The Kier molecular flexibility index (Phi) is 4.45. The van der Waals surface area contributed by atoms with Crippen LogP contribution in [0, 0.1) is 5.92 Å². The minimum Gasteiger partial charge on any atom is -0.452 e. The average Bonchev–Trinajstić information content (AvgIpc) is 3.06. The molecule has 1 aromatic heterocycles. The van der Waals surface area contributed by atoms with E-state index < -0.39 is 10.0 Å². The number of furan rings is 1. The lowest BCUT2D eigenvalue weighted by Crippen LogP contribution is -2.40. The van der Waals surface area contributed by atoms with E-state index in [1.54, 1.807) is 6.07 Å². The van der Waals surface area contributed by atoms with E-state index in [1.165, 1.54) is 19.3 Å². The lowest BCUT2D eigenvalue weighted by Gasteiger charge is -2.31. The van der Waals surface area contributed by atoms with Crippen LogP contribution in [0.2, 0.25) is 0 Å². The lowest BCUT2D eigenvalue weighted by molar-refractivity contribution is 0.260. The third-order valence-electron chi connectivity index (χ3n) is 4.34. The Labute approximate surface area is 134 Å². The molecule has 0 amide bonds. The molecular formula is C14H21BrN2O3S. The standard InChI is InChI=1S/C14H21BrN2O3S/c1-9(10-3-2-4-10)17-21(18,19)13-7-12(20-14(13)15)8-16-11-5-6-11/h7,9-11,16-17H,2-6,8H2,1H3. The maximum Gasteiger partial charge on any atom is 0.245 e. The second kappa shape index (κ2) is 6.02. The van der Waals surface area contributed by atoms with Crippen LogP contribution in [0.5, 0.6) is 0 Å². The van der Waals surface area contributed by atoms with Crippen molar-refractivity contribution in [3.8, 4) is 0 Å². The topological polar surface area (TPSA) is 71.3 Å². The molecule has 7 heteroatoms. The molecule has 2 saturated carbocycles. The molecule has 1 unspecified atom stereocenters. The largest absolute Gasteiger partial charge is 0.452 e. The fourth-order valence-corrected chi connectivity index (χ4v) is 4.85. The second-order valence-corrected chi connectivity index (χ2v) is 8.51. The number of rotatable bonds is 7. The van der Waals surface area contributed by atoms with E-state index in [0.717, 1.165) is 12.8 Å². The van der Waals surface area contributed by atoms with Crippen LogP contribution in [0.1, 0.15) is 44.8 Å². The quantitative estimate of drug-likeness (QED) is 0.767. The highest BCUT2D eigenvalue weighted by Gasteiger charge is 2.30. The van der Waals surface area contributed by atoms with Crippen LogP contribution in [0.3, 0.4) is 0 Å². The van der Waals surface area contributed by atoms with Crippen LogP contribution in [0.15, 0.2) is 20.0 Å². The van der Waals surface area contributed by atoms with E-state index >= 15 is 0 Å². The minimum absolute atomic E-state index is 0.0291. The van der Waals surface area contributed by atoms with Crippen molar-refractivity contribution in [1.82, 2.24) is 10.0 Å². The summed E-state index contributed by atoms with van der Waals surface area (Å²) in [5, 5.41) is 3.31. The molecule has 0 radical (unpaired) electrons. The highest BCUT2D eigenvalue weighted by molar-refractivity contribution is 9.10. The maximum atomic E-state index is 12.5. The number of halogens is 1. The first-order valence-electron chi connectivity index (χ1n) is 7.49. The number of hydrogen-bond acceptors (Lipinski definition) is 4. The summed E-state index contributed by atoms with van der Waals surface area (Å²) in [6.45, 7) is 2.50. The van der Waals surface area contributed by atoms with E-state index in [2.05, 4.69) is 26.0 Å². The van der Waals surface area contributed by atoms with Crippen LogP contribution in [-0.2, 0) is 16.6 Å². The molecule has 0 spiro atoms. The van der Waals surface area contributed by atoms with E-state index in [1.807, 2.05) is 6.92 Å². The Hall–Kier alpha value is -0.370. The number of sulfonamides is 1. The molecule has 1 atom stereocenters. The van der Waals surface area contributed by atoms with Gasteiger partial charge in [-0.3, -0.25) is 0 Å². The molecular weight excluding hydrogens is 356 g/mol. The van der Waals surface area contributed by atoms with Crippen LogP contribution in [-0.4, -0.2) is 20.5 Å². The van der Waals surface area contributed by atoms with Gasteiger partial charge in [-0.15, -0.1) is 0 Å². The molecule has 1 heterocycles. The molecule has 0 aromatic carbocycles. The highest BCUT2D eigenvalue weighted by atomic mass is 79.9. The monoisotopic (exact) mass is 376 g/mol. The minimum atomic E-state index is -3.53. The van der Waals surface area contributed by atoms with Gasteiger partial charge >= 0.3 is 0 Å². The van der Waals surface area contributed by atoms with Gasteiger partial charge in [-0.05, 0) is 54.5 Å². The summed E-state index contributed by atoms with van der Waals surface area (Å²) in [5.41, 5.74) is 0. The molecule has 1 aromatic rings. The van der Waals surface area contributed by atoms with Crippen LogP contribution >= 0.6 is 15.9 Å². The van der Waals surface area contributed by atoms with Gasteiger partial charge in [0.25, 0.3) is 0 Å². The molecule has 2 aliphatic rings. The molecule has 2 N–H and O–H groups in total. The summed E-state index contributed by atoms with van der Waals surface area (Å²) in [5.74, 6) is 1.10. The maximum absolute atomic E-state index is 12.5. The summed E-state index contributed by atoms with van der Waals surface area (Å²) < 4.78 is 33.4. The predicted molar refractivity (Wildman–Crippen MR) is 83.4 cm³/mol. The van der Waals surface area contributed by atoms with Gasteiger partial charge < -0.3 is 9.73 Å². The van der Waals surface area contributed by atoms with Crippen molar-refractivity contribution in [1.29, 1.82) is 0 Å². The average molecular weight is 377 g/mol. The fourth-order valence-electron chi connectivity index (χ4n) is 2.54. The van der Waals surface area contributed by atoms with Gasteiger partial charge in [0.05, 0.1) is 6.54 Å². The van der Waals surface area contributed by atoms with Gasteiger partial charge in [-0.1, -0.05) is 6.42 Å². The fraction of sp³-hybridized carbons (Fsp3) is 0.714. The van der Waals surface area contributed by atoms with Gasteiger partial charge in [0.1, 0.15) is 10.7 Å². The molecule has 0 bridgehead atoms. The predicted octanol–water partition coefficient (Wildman–Crippen LogP) is 2.76. The van der Waals surface area contributed by atoms with Crippen molar-refractivity contribution < 1.29 is 12.8 Å². The van der Waals surface area contributed by atoms with Crippen LogP contribution in [0.4, 0.5) is 0 Å². The number of nitrogens with one attached hydrogen (secondary N) is 2. The Balaban J connectivity index is 1.68. The van der Waals surface area contributed by atoms with Gasteiger partial charge in [0.15, 0.2) is 4.67 Å². The van der Waals surface area contributed by atoms with E-state index in [-0.39, 0.29) is 15.6 Å².